The minimum Gasteiger partial charge on any atom is -0.323 e. The molecule has 1 N–H and O–H groups in total. The van der Waals surface area contributed by atoms with Gasteiger partial charge in [0.15, 0.2) is 11.0 Å². The van der Waals surface area contributed by atoms with Crippen molar-refractivity contribution in [3.63, 3.8) is 0 Å². The zero-order valence-electron chi connectivity index (χ0n) is 13.8. The third kappa shape index (κ3) is 4.20. The van der Waals surface area contributed by atoms with E-state index in [1.54, 1.807) is 12.4 Å². The second-order valence-corrected chi connectivity index (χ2v) is 6.63. The molecule has 0 atom stereocenters. The molecule has 0 bridgehead atoms. The number of hydrogen-bond donors (Lipinski definition) is 1. The highest BCUT2D eigenvalue weighted by atomic mass is 35.5. The second-order valence-electron chi connectivity index (χ2n) is 5.25. The fourth-order valence-electron chi connectivity index (χ4n) is 2.30. The van der Waals surface area contributed by atoms with Crippen LogP contribution in [-0.4, -0.2) is 31.4 Å². The van der Waals surface area contributed by atoms with E-state index in [4.69, 9.17) is 11.6 Å². The molecule has 134 valence electrons. The number of thioether (sulfide) groups is 1. The molecule has 2 heterocycles. The van der Waals surface area contributed by atoms with E-state index in [0.29, 0.717) is 17.5 Å². The summed E-state index contributed by atoms with van der Waals surface area (Å²) in [6.07, 6.45) is 3.37. The minimum atomic E-state index is -0.576. The first-order chi connectivity index (χ1) is 12.6. The molecule has 0 aliphatic rings. The topological polar surface area (TPSA) is 72.7 Å². The van der Waals surface area contributed by atoms with Crippen LogP contribution < -0.4 is 5.32 Å². The summed E-state index contributed by atoms with van der Waals surface area (Å²) in [5.74, 6) is -0.127. The summed E-state index contributed by atoms with van der Waals surface area (Å²) < 4.78 is 15.7. The predicted octanol–water partition coefficient (Wildman–Crippen LogP) is 3.88. The first kappa shape index (κ1) is 18.3. The van der Waals surface area contributed by atoms with Crippen molar-refractivity contribution in [3.05, 3.63) is 53.6 Å². The van der Waals surface area contributed by atoms with E-state index < -0.39 is 5.82 Å². The smallest absolute Gasteiger partial charge is 0.234 e. The van der Waals surface area contributed by atoms with Crippen molar-refractivity contribution < 1.29 is 9.18 Å². The van der Waals surface area contributed by atoms with Crippen molar-refractivity contribution >= 4 is 35.0 Å². The Morgan fingerprint density at radius 2 is 2.04 bits per heavy atom. The van der Waals surface area contributed by atoms with Crippen LogP contribution in [0.1, 0.15) is 6.92 Å². The summed E-state index contributed by atoms with van der Waals surface area (Å²) in [6, 6.07) is 7.79. The number of pyridine rings is 1. The molecule has 0 aliphatic carbocycles. The van der Waals surface area contributed by atoms with Crippen LogP contribution in [0.3, 0.4) is 0 Å². The van der Waals surface area contributed by atoms with Crippen molar-refractivity contribution in [2.75, 3.05) is 11.1 Å². The Labute approximate surface area is 158 Å². The van der Waals surface area contributed by atoms with E-state index in [1.165, 1.54) is 23.9 Å². The normalized spacial score (nSPS) is 10.7. The van der Waals surface area contributed by atoms with Crippen molar-refractivity contribution in [1.29, 1.82) is 0 Å². The van der Waals surface area contributed by atoms with Crippen molar-refractivity contribution in [1.82, 2.24) is 19.7 Å². The molecule has 0 saturated heterocycles. The van der Waals surface area contributed by atoms with Gasteiger partial charge in [0.2, 0.25) is 5.91 Å². The van der Waals surface area contributed by atoms with Gasteiger partial charge in [0.25, 0.3) is 0 Å². The van der Waals surface area contributed by atoms with Crippen LogP contribution in [0.4, 0.5) is 10.1 Å². The lowest BCUT2D eigenvalue weighted by Crippen LogP contribution is -2.15. The van der Waals surface area contributed by atoms with Crippen LogP contribution >= 0.6 is 23.4 Å². The van der Waals surface area contributed by atoms with Crippen LogP contribution in [0.25, 0.3) is 11.4 Å². The molecule has 0 aliphatic heterocycles. The van der Waals surface area contributed by atoms with Crippen LogP contribution in [0.2, 0.25) is 5.02 Å². The Hall–Kier alpha value is -2.45. The molecule has 0 unspecified atom stereocenters. The first-order valence-corrected chi connectivity index (χ1v) is 9.16. The van der Waals surface area contributed by atoms with Crippen molar-refractivity contribution in [2.24, 2.45) is 0 Å². The molecule has 0 fully saturated rings. The van der Waals surface area contributed by atoms with E-state index in [1.807, 2.05) is 23.6 Å². The molecule has 9 heteroatoms. The van der Waals surface area contributed by atoms with Gasteiger partial charge < -0.3 is 9.88 Å². The quantitative estimate of drug-likeness (QED) is 0.645. The molecule has 2 aromatic heterocycles. The largest absolute Gasteiger partial charge is 0.323 e. The third-order valence-electron chi connectivity index (χ3n) is 3.51. The average Bonchev–Trinajstić information content (AvgIpc) is 3.06. The lowest BCUT2D eigenvalue weighted by Gasteiger charge is -2.08. The van der Waals surface area contributed by atoms with Gasteiger partial charge in [-0.25, -0.2) is 4.39 Å². The highest BCUT2D eigenvalue weighted by Crippen LogP contribution is 2.24. The zero-order valence-corrected chi connectivity index (χ0v) is 15.4. The number of anilines is 1. The first-order valence-electron chi connectivity index (χ1n) is 7.79. The molecular formula is C17H15ClFN5OS. The Morgan fingerprint density at radius 1 is 1.27 bits per heavy atom. The SMILES string of the molecule is CCn1c(SCC(=O)Nc2ccc(Cl)cc2F)nnc1-c1ccncc1. The van der Waals surface area contributed by atoms with Crippen LogP contribution in [0.5, 0.6) is 0 Å². The fraction of sp³-hybridized carbons (Fsp3) is 0.176. The van der Waals surface area contributed by atoms with Gasteiger partial charge in [-0.3, -0.25) is 9.78 Å². The van der Waals surface area contributed by atoms with Crippen LogP contribution in [0, 0.1) is 5.82 Å². The summed E-state index contributed by atoms with van der Waals surface area (Å²) >= 11 is 6.94. The molecule has 1 amide bonds. The maximum atomic E-state index is 13.7. The number of carbonyl (C=O) groups is 1. The molecule has 0 saturated carbocycles. The standard InChI is InChI=1S/C17H15ClFN5OS/c1-2-24-16(11-5-7-20-8-6-11)22-23-17(24)26-10-15(25)21-14-4-3-12(18)9-13(14)19/h3-9H,2,10H2,1H3,(H,21,25). The molecular weight excluding hydrogens is 377 g/mol. The molecule has 3 aromatic rings. The molecule has 26 heavy (non-hydrogen) atoms. The van der Waals surface area contributed by atoms with Crippen molar-refractivity contribution in [3.8, 4) is 11.4 Å². The molecule has 1 aromatic carbocycles. The summed E-state index contributed by atoms with van der Waals surface area (Å²) in [5.41, 5.74) is 0.989. The van der Waals surface area contributed by atoms with Crippen LogP contribution in [0.15, 0.2) is 47.9 Å². The highest BCUT2D eigenvalue weighted by molar-refractivity contribution is 7.99. The number of nitrogens with one attached hydrogen (secondary N) is 1. The van der Waals surface area contributed by atoms with E-state index in [9.17, 15) is 9.18 Å². The van der Waals surface area contributed by atoms with E-state index in [2.05, 4.69) is 20.5 Å². The predicted molar refractivity (Wildman–Crippen MR) is 99.7 cm³/mol. The molecule has 3 rings (SSSR count). The lowest BCUT2D eigenvalue weighted by atomic mass is 10.2. The van der Waals surface area contributed by atoms with Gasteiger partial charge in [-0.2, -0.15) is 0 Å². The number of benzene rings is 1. The van der Waals surface area contributed by atoms with Crippen LogP contribution in [-0.2, 0) is 11.3 Å². The average molecular weight is 392 g/mol. The lowest BCUT2D eigenvalue weighted by molar-refractivity contribution is -0.113. The number of carbonyl (C=O) groups excluding carboxylic acids is 1. The Balaban J connectivity index is 1.68. The van der Waals surface area contributed by atoms with Gasteiger partial charge in [-0.1, -0.05) is 23.4 Å². The van der Waals surface area contributed by atoms with E-state index in [-0.39, 0.29) is 22.4 Å². The zero-order chi connectivity index (χ0) is 18.5. The summed E-state index contributed by atoms with van der Waals surface area (Å²) in [4.78, 5) is 16.1. The van der Waals surface area contributed by atoms with Gasteiger partial charge in [0.1, 0.15) is 5.82 Å². The highest BCUT2D eigenvalue weighted by Gasteiger charge is 2.15. The van der Waals surface area contributed by atoms with Gasteiger partial charge in [-0.05, 0) is 37.3 Å². The summed E-state index contributed by atoms with van der Waals surface area (Å²) in [5, 5.41) is 11.8. The Morgan fingerprint density at radius 3 is 2.73 bits per heavy atom. The van der Waals surface area contributed by atoms with Gasteiger partial charge in [0, 0.05) is 29.5 Å². The summed E-state index contributed by atoms with van der Waals surface area (Å²) in [7, 11) is 0. The molecule has 6 nitrogen and oxygen atoms in total. The number of hydrogen-bond acceptors (Lipinski definition) is 5. The Kier molecular flexibility index (Phi) is 5.85. The third-order valence-corrected chi connectivity index (χ3v) is 4.71. The van der Waals surface area contributed by atoms with Crippen molar-refractivity contribution in [2.45, 2.75) is 18.6 Å². The fourth-order valence-corrected chi connectivity index (χ4v) is 3.26. The molecule has 0 spiro atoms. The number of rotatable bonds is 6. The Bertz CT molecular complexity index is 919. The number of aromatic nitrogens is 4. The maximum Gasteiger partial charge on any atom is 0.234 e. The summed E-state index contributed by atoms with van der Waals surface area (Å²) in [6.45, 7) is 2.63. The van der Waals surface area contributed by atoms with E-state index >= 15 is 0 Å². The molecule has 0 radical (unpaired) electrons. The monoisotopic (exact) mass is 391 g/mol. The minimum absolute atomic E-state index is 0.0799. The number of halogens is 2. The van der Waals surface area contributed by atoms with E-state index in [0.717, 1.165) is 11.6 Å². The van der Waals surface area contributed by atoms with Gasteiger partial charge in [0.05, 0.1) is 11.4 Å². The second kappa shape index (κ2) is 8.29. The number of amides is 1. The maximum absolute atomic E-state index is 13.7. The van der Waals surface area contributed by atoms with Gasteiger partial charge in [-0.15, -0.1) is 10.2 Å². The number of nitrogens with zero attached hydrogens (tertiary/aromatic N) is 4. The van der Waals surface area contributed by atoms with Gasteiger partial charge >= 0.3 is 0 Å².